The van der Waals surface area contributed by atoms with Gasteiger partial charge in [-0.05, 0) is 54.8 Å². The minimum Gasteiger partial charge on any atom is -0.496 e. The predicted octanol–water partition coefficient (Wildman–Crippen LogP) is 4.26. The summed E-state index contributed by atoms with van der Waals surface area (Å²) in [6, 6.07) is 9.89. The zero-order valence-electron chi connectivity index (χ0n) is 15.8. The molecule has 5 nitrogen and oxygen atoms in total. The molecule has 0 aliphatic heterocycles. The van der Waals surface area contributed by atoms with Gasteiger partial charge in [0.2, 0.25) is 0 Å². The monoisotopic (exact) mass is 352 g/mol. The van der Waals surface area contributed by atoms with E-state index in [-0.39, 0.29) is 0 Å². The van der Waals surface area contributed by atoms with Crippen molar-refractivity contribution >= 4 is 16.6 Å². The second-order valence-corrected chi connectivity index (χ2v) is 6.33. The highest BCUT2D eigenvalue weighted by Gasteiger charge is 2.19. The number of ether oxygens (including phenoxy) is 3. The fourth-order valence-electron chi connectivity index (χ4n) is 3.22. The van der Waals surface area contributed by atoms with Gasteiger partial charge in [0.25, 0.3) is 0 Å². The zero-order valence-corrected chi connectivity index (χ0v) is 15.8. The largest absolute Gasteiger partial charge is 0.496 e. The molecule has 0 radical (unpaired) electrons. The van der Waals surface area contributed by atoms with Gasteiger partial charge in [-0.15, -0.1) is 0 Å². The molecule has 0 saturated carbocycles. The van der Waals surface area contributed by atoms with Crippen molar-refractivity contribution in [3.63, 3.8) is 0 Å². The number of hydrogen-bond donors (Lipinski definition) is 1. The summed E-state index contributed by atoms with van der Waals surface area (Å²) in [6.45, 7) is 4.53. The van der Waals surface area contributed by atoms with E-state index in [9.17, 15) is 0 Å². The molecular formula is C21H24N2O3. The number of nitrogens with zero attached hydrogens (tertiary/aromatic N) is 1. The van der Waals surface area contributed by atoms with Gasteiger partial charge in [-0.2, -0.15) is 0 Å². The van der Waals surface area contributed by atoms with Gasteiger partial charge >= 0.3 is 0 Å². The average molecular weight is 352 g/mol. The van der Waals surface area contributed by atoms with Crippen LogP contribution in [0.3, 0.4) is 0 Å². The summed E-state index contributed by atoms with van der Waals surface area (Å²) in [4.78, 5) is 4.93. The number of nitrogens with two attached hydrogens (primary N) is 1. The lowest BCUT2D eigenvalue weighted by molar-refractivity contribution is 0.184. The number of benzene rings is 2. The Morgan fingerprint density at radius 3 is 2.15 bits per heavy atom. The smallest absolute Gasteiger partial charge is 0.132 e. The summed E-state index contributed by atoms with van der Waals surface area (Å²) >= 11 is 0. The molecule has 0 aliphatic rings. The fraction of sp³-hybridized carbons (Fsp3) is 0.286. The first kappa shape index (κ1) is 18.0. The van der Waals surface area contributed by atoms with Gasteiger partial charge in [0, 0.05) is 18.2 Å². The van der Waals surface area contributed by atoms with Crippen LogP contribution in [0.15, 0.2) is 30.3 Å². The van der Waals surface area contributed by atoms with Gasteiger partial charge in [-0.25, -0.2) is 4.98 Å². The number of hydrogen-bond acceptors (Lipinski definition) is 5. The van der Waals surface area contributed by atoms with E-state index in [4.69, 9.17) is 24.9 Å². The Balaban J connectivity index is 2.32. The molecule has 1 aromatic heterocycles. The Labute approximate surface area is 153 Å². The Morgan fingerprint density at radius 1 is 0.923 bits per heavy atom. The van der Waals surface area contributed by atoms with Crippen LogP contribution >= 0.6 is 0 Å². The maximum Gasteiger partial charge on any atom is 0.132 e. The number of aromatic nitrogens is 1. The van der Waals surface area contributed by atoms with Crippen LogP contribution in [0, 0.1) is 13.8 Å². The summed E-state index contributed by atoms with van der Waals surface area (Å²) in [5.41, 5.74) is 12.5. The molecule has 0 unspecified atom stereocenters. The molecule has 0 bridgehead atoms. The van der Waals surface area contributed by atoms with Crippen molar-refractivity contribution in [1.29, 1.82) is 0 Å². The number of fused-ring (bicyclic) bond motifs is 1. The molecule has 2 aromatic carbocycles. The Morgan fingerprint density at radius 2 is 1.58 bits per heavy atom. The molecule has 3 aromatic rings. The minimum atomic E-state index is 0.479. The second-order valence-electron chi connectivity index (χ2n) is 6.33. The molecule has 0 atom stereocenters. The molecular weight excluding hydrogens is 328 g/mol. The van der Waals surface area contributed by atoms with Crippen LogP contribution in [-0.4, -0.2) is 26.3 Å². The molecule has 5 heteroatoms. The molecule has 136 valence electrons. The van der Waals surface area contributed by atoms with Gasteiger partial charge in [0.1, 0.15) is 11.5 Å². The first-order chi connectivity index (χ1) is 12.5. The van der Waals surface area contributed by atoms with E-state index in [1.807, 2.05) is 38.1 Å². The molecule has 0 fully saturated rings. The lowest BCUT2D eigenvalue weighted by atomic mass is 9.99. The molecule has 0 spiro atoms. The molecule has 3 rings (SSSR count). The Kier molecular flexibility index (Phi) is 5.00. The van der Waals surface area contributed by atoms with E-state index in [0.717, 1.165) is 44.5 Å². The van der Waals surface area contributed by atoms with Crippen molar-refractivity contribution in [3.8, 4) is 22.8 Å². The van der Waals surface area contributed by atoms with Crippen LogP contribution in [0.1, 0.15) is 16.7 Å². The van der Waals surface area contributed by atoms with Gasteiger partial charge in [0.15, 0.2) is 0 Å². The maximum absolute atomic E-state index is 6.14. The average Bonchev–Trinajstić information content (AvgIpc) is 2.64. The van der Waals surface area contributed by atoms with Crippen molar-refractivity contribution in [2.75, 3.05) is 27.1 Å². The van der Waals surface area contributed by atoms with E-state index in [0.29, 0.717) is 18.1 Å². The SMILES string of the molecule is COCc1cc(OC)c(-c2nc3c(C)ccc(N)c3cc2C)c(OC)c1. The third-order valence-corrected chi connectivity index (χ3v) is 4.52. The standard InChI is InChI=1S/C21H24N2O3/c1-12-6-7-16(22)15-8-13(2)21(23-20(12)15)19-17(25-4)9-14(11-24-3)10-18(19)26-5/h6-10H,11,22H2,1-5H3. The quantitative estimate of drug-likeness (QED) is 0.695. The van der Waals surface area contributed by atoms with Crippen LogP contribution in [-0.2, 0) is 11.3 Å². The molecule has 26 heavy (non-hydrogen) atoms. The van der Waals surface area contributed by atoms with Gasteiger partial charge in [0.05, 0.1) is 37.6 Å². The number of nitrogen functional groups attached to an aromatic ring is 1. The molecule has 1 heterocycles. The number of anilines is 1. The number of aryl methyl sites for hydroxylation is 2. The van der Waals surface area contributed by atoms with E-state index < -0.39 is 0 Å². The van der Waals surface area contributed by atoms with Gasteiger partial charge < -0.3 is 19.9 Å². The van der Waals surface area contributed by atoms with E-state index in [1.54, 1.807) is 21.3 Å². The van der Waals surface area contributed by atoms with Crippen LogP contribution in [0.4, 0.5) is 5.69 Å². The van der Waals surface area contributed by atoms with Gasteiger partial charge in [-0.1, -0.05) is 6.07 Å². The highest BCUT2D eigenvalue weighted by atomic mass is 16.5. The summed E-state index contributed by atoms with van der Waals surface area (Å²) in [6.07, 6.45) is 0. The summed E-state index contributed by atoms with van der Waals surface area (Å²) < 4.78 is 16.5. The lowest BCUT2D eigenvalue weighted by Crippen LogP contribution is -2.01. The topological polar surface area (TPSA) is 66.6 Å². The van der Waals surface area contributed by atoms with E-state index in [1.165, 1.54) is 0 Å². The normalized spacial score (nSPS) is 11.0. The first-order valence-corrected chi connectivity index (χ1v) is 8.40. The Hall–Kier alpha value is -2.79. The number of methoxy groups -OCH3 is 3. The van der Waals surface area contributed by atoms with Crippen molar-refractivity contribution in [1.82, 2.24) is 4.98 Å². The van der Waals surface area contributed by atoms with Crippen LogP contribution in [0.2, 0.25) is 0 Å². The van der Waals surface area contributed by atoms with E-state index in [2.05, 4.69) is 6.07 Å². The van der Waals surface area contributed by atoms with Crippen LogP contribution in [0.5, 0.6) is 11.5 Å². The van der Waals surface area contributed by atoms with Gasteiger partial charge in [-0.3, -0.25) is 0 Å². The molecule has 0 amide bonds. The fourth-order valence-corrected chi connectivity index (χ4v) is 3.22. The minimum absolute atomic E-state index is 0.479. The lowest BCUT2D eigenvalue weighted by Gasteiger charge is -2.17. The van der Waals surface area contributed by atoms with Crippen molar-refractivity contribution in [3.05, 3.63) is 47.0 Å². The molecule has 0 saturated heterocycles. The predicted molar refractivity (Wildman–Crippen MR) is 105 cm³/mol. The highest BCUT2D eigenvalue weighted by Crippen LogP contribution is 2.41. The van der Waals surface area contributed by atoms with Crippen molar-refractivity contribution in [2.24, 2.45) is 0 Å². The molecule has 0 aliphatic carbocycles. The summed E-state index contributed by atoms with van der Waals surface area (Å²) in [7, 11) is 4.96. The summed E-state index contributed by atoms with van der Waals surface area (Å²) in [5.74, 6) is 1.40. The van der Waals surface area contributed by atoms with Crippen LogP contribution < -0.4 is 15.2 Å². The highest BCUT2D eigenvalue weighted by molar-refractivity contribution is 5.95. The van der Waals surface area contributed by atoms with Crippen molar-refractivity contribution in [2.45, 2.75) is 20.5 Å². The molecule has 2 N–H and O–H groups in total. The van der Waals surface area contributed by atoms with Crippen LogP contribution in [0.25, 0.3) is 22.2 Å². The number of pyridine rings is 1. The van der Waals surface area contributed by atoms with Crippen molar-refractivity contribution < 1.29 is 14.2 Å². The van der Waals surface area contributed by atoms with E-state index >= 15 is 0 Å². The second kappa shape index (κ2) is 7.22. The first-order valence-electron chi connectivity index (χ1n) is 8.40. The third kappa shape index (κ3) is 3.06. The zero-order chi connectivity index (χ0) is 18.8. The number of rotatable bonds is 5. The third-order valence-electron chi connectivity index (χ3n) is 4.52. The summed E-state index contributed by atoms with van der Waals surface area (Å²) in [5, 5.41) is 0.959. The maximum atomic E-state index is 6.14. The Bertz CT molecular complexity index is 942.